The van der Waals surface area contributed by atoms with Crippen molar-refractivity contribution in [1.29, 1.82) is 0 Å². The Kier molecular flexibility index (Phi) is 4.72. The summed E-state index contributed by atoms with van der Waals surface area (Å²) in [6.45, 7) is 4.45. The molecule has 116 valence electrons. The van der Waals surface area contributed by atoms with E-state index in [-0.39, 0.29) is 0 Å². The number of hydrogen-bond donors (Lipinski definition) is 1. The van der Waals surface area contributed by atoms with Gasteiger partial charge in [-0.25, -0.2) is 0 Å². The third-order valence-corrected chi connectivity index (χ3v) is 5.96. The molecule has 1 saturated carbocycles. The SMILES string of the molecule is CC1CCCC(N2CCC(O)(c3ccc(Br)cc3)CC2)C1. The summed E-state index contributed by atoms with van der Waals surface area (Å²) in [5, 5.41) is 11.0. The summed E-state index contributed by atoms with van der Waals surface area (Å²) in [5.74, 6) is 0.871. The average molecular weight is 352 g/mol. The summed E-state index contributed by atoms with van der Waals surface area (Å²) in [6.07, 6.45) is 7.18. The quantitative estimate of drug-likeness (QED) is 0.857. The van der Waals surface area contributed by atoms with E-state index in [9.17, 15) is 5.11 Å². The predicted molar refractivity (Wildman–Crippen MR) is 90.3 cm³/mol. The minimum atomic E-state index is -0.627. The van der Waals surface area contributed by atoms with Crippen molar-refractivity contribution in [3.63, 3.8) is 0 Å². The van der Waals surface area contributed by atoms with Gasteiger partial charge in [0.05, 0.1) is 5.60 Å². The van der Waals surface area contributed by atoms with Crippen molar-refractivity contribution in [1.82, 2.24) is 4.90 Å². The maximum atomic E-state index is 11.0. The van der Waals surface area contributed by atoms with Crippen LogP contribution in [-0.2, 0) is 5.60 Å². The van der Waals surface area contributed by atoms with Crippen molar-refractivity contribution in [3.8, 4) is 0 Å². The second-order valence-corrected chi connectivity index (χ2v) is 7.92. The van der Waals surface area contributed by atoms with Crippen molar-refractivity contribution in [2.45, 2.75) is 57.1 Å². The van der Waals surface area contributed by atoms with Crippen LogP contribution in [0.3, 0.4) is 0 Å². The normalized spacial score (nSPS) is 30.2. The Bertz CT molecular complexity index is 465. The number of aliphatic hydroxyl groups is 1. The van der Waals surface area contributed by atoms with E-state index >= 15 is 0 Å². The molecule has 2 unspecified atom stereocenters. The van der Waals surface area contributed by atoms with Gasteiger partial charge in [0, 0.05) is 23.6 Å². The van der Waals surface area contributed by atoms with Crippen LogP contribution in [0.4, 0.5) is 0 Å². The highest BCUT2D eigenvalue weighted by molar-refractivity contribution is 9.10. The van der Waals surface area contributed by atoms with Crippen LogP contribution in [-0.4, -0.2) is 29.1 Å². The number of nitrogens with zero attached hydrogens (tertiary/aromatic N) is 1. The van der Waals surface area contributed by atoms with E-state index in [1.807, 2.05) is 12.1 Å². The molecule has 1 aliphatic heterocycles. The largest absolute Gasteiger partial charge is 0.385 e. The number of hydrogen-bond acceptors (Lipinski definition) is 2. The zero-order valence-electron chi connectivity index (χ0n) is 12.9. The molecule has 1 N–H and O–H groups in total. The first kappa shape index (κ1) is 15.5. The van der Waals surface area contributed by atoms with Gasteiger partial charge in [-0.3, -0.25) is 0 Å². The molecule has 3 heteroatoms. The zero-order chi connectivity index (χ0) is 14.9. The van der Waals surface area contributed by atoms with Gasteiger partial charge in [0.1, 0.15) is 0 Å². The van der Waals surface area contributed by atoms with Gasteiger partial charge in [-0.15, -0.1) is 0 Å². The standard InChI is InChI=1S/C18H26BrNO/c1-14-3-2-4-17(13-14)20-11-9-18(21,10-12-20)15-5-7-16(19)8-6-15/h5-8,14,17,21H,2-4,9-13H2,1H3. The maximum absolute atomic E-state index is 11.0. The van der Waals surface area contributed by atoms with Crippen molar-refractivity contribution < 1.29 is 5.11 Å². The van der Waals surface area contributed by atoms with Gasteiger partial charge >= 0.3 is 0 Å². The highest BCUT2D eigenvalue weighted by Crippen LogP contribution is 2.36. The fourth-order valence-corrected chi connectivity index (χ4v) is 4.31. The molecule has 1 aliphatic carbocycles. The van der Waals surface area contributed by atoms with Crippen molar-refractivity contribution in [3.05, 3.63) is 34.3 Å². The molecule has 1 heterocycles. The second-order valence-electron chi connectivity index (χ2n) is 7.00. The van der Waals surface area contributed by atoms with Crippen molar-refractivity contribution >= 4 is 15.9 Å². The molecule has 0 bridgehead atoms. The third kappa shape index (κ3) is 3.52. The first-order chi connectivity index (χ1) is 10.1. The molecule has 1 aromatic rings. The molecule has 0 spiro atoms. The molecular formula is C18H26BrNO. The Hall–Kier alpha value is -0.380. The average Bonchev–Trinajstić information content (AvgIpc) is 2.48. The van der Waals surface area contributed by atoms with Crippen molar-refractivity contribution in [2.75, 3.05) is 13.1 Å². The van der Waals surface area contributed by atoms with Crippen LogP contribution in [0, 0.1) is 5.92 Å². The smallest absolute Gasteiger partial charge is 0.0920 e. The molecular weight excluding hydrogens is 326 g/mol. The number of halogens is 1. The molecule has 0 aromatic heterocycles. The Labute approximate surface area is 136 Å². The summed E-state index contributed by atoms with van der Waals surface area (Å²) in [7, 11) is 0. The minimum absolute atomic E-state index is 0.627. The fraction of sp³-hybridized carbons (Fsp3) is 0.667. The van der Waals surface area contributed by atoms with Crippen LogP contribution in [0.2, 0.25) is 0 Å². The lowest BCUT2D eigenvalue weighted by atomic mass is 9.81. The van der Waals surface area contributed by atoms with Crippen LogP contribution >= 0.6 is 15.9 Å². The molecule has 0 amide bonds. The molecule has 2 nitrogen and oxygen atoms in total. The van der Waals surface area contributed by atoms with E-state index in [4.69, 9.17) is 0 Å². The van der Waals surface area contributed by atoms with Crippen LogP contribution in [0.15, 0.2) is 28.7 Å². The van der Waals surface area contributed by atoms with Crippen LogP contribution in [0.1, 0.15) is 51.0 Å². The first-order valence-electron chi connectivity index (χ1n) is 8.29. The number of benzene rings is 1. The van der Waals surface area contributed by atoms with Gasteiger partial charge in [0.25, 0.3) is 0 Å². The fourth-order valence-electron chi connectivity index (χ4n) is 4.04. The van der Waals surface area contributed by atoms with Crippen LogP contribution in [0.5, 0.6) is 0 Å². The number of rotatable bonds is 2. The molecule has 2 fully saturated rings. The van der Waals surface area contributed by atoms with E-state index in [2.05, 4.69) is 39.9 Å². The van der Waals surface area contributed by atoms with Crippen LogP contribution in [0.25, 0.3) is 0 Å². The number of piperidine rings is 1. The zero-order valence-corrected chi connectivity index (χ0v) is 14.5. The van der Waals surface area contributed by atoms with E-state index in [0.717, 1.165) is 47.9 Å². The molecule has 21 heavy (non-hydrogen) atoms. The predicted octanol–water partition coefficient (Wildman–Crippen LogP) is 4.31. The van der Waals surface area contributed by atoms with E-state index in [1.165, 1.54) is 25.7 Å². The summed E-state index contributed by atoms with van der Waals surface area (Å²) in [4.78, 5) is 2.63. The number of likely N-dealkylation sites (tertiary alicyclic amines) is 1. The lowest BCUT2D eigenvalue weighted by molar-refractivity contribution is -0.0411. The Morgan fingerprint density at radius 1 is 1.14 bits per heavy atom. The molecule has 2 aliphatic rings. The molecule has 3 rings (SSSR count). The molecule has 1 aromatic carbocycles. The minimum Gasteiger partial charge on any atom is -0.385 e. The summed E-state index contributed by atoms with van der Waals surface area (Å²) in [6, 6.07) is 8.93. The van der Waals surface area contributed by atoms with E-state index in [0.29, 0.717) is 0 Å². The summed E-state index contributed by atoms with van der Waals surface area (Å²) in [5.41, 5.74) is 0.444. The lowest BCUT2D eigenvalue weighted by Crippen LogP contribution is -2.48. The first-order valence-corrected chi connectivity index (χ1v) is 9.09. The summed E-state index contributed by atoms with van der Waals surface area (Å²) >= 11 is 3.46. The van der Waals surface area contributed by atoms with Gasteiger partial charge in [-0.1, -0.05) is 47.8 Å². The molecule has 1 saturated heterocycles. The summed E-state index contributed by atoms with van der Waals surface area (Å²) < 4.78 is 1.07. The molecule has 0 radical (unpaired) electrons. The second kappa shape index (κ2) is 6.39. The van der Waals surface area contributed by atoms with E-state index < -0.39 is 5.60 Å². The highest BCUT2D eigenvalue weighted by atomic mass is 79.9. The lowest BCUT2D eigenvalue weighted by Gasteiger charge is -2.44. The van der Waals surface area contributed by atoms with Gasteiger partial charge in [0.15, 0.2) is 0 Å². The third-order valence-electron chi connectivity index (χ3n) is 5.43. The van der Waals surface area contributed by atoms with Gasteiger partial charge in [-0.05, 0) is 49.3 Å². The maximum Gasteiger partial charge on any atom is 0.0920 e. The molecule has 2 atom stereocenters. The Balaban J connectivity index is 1.62. The Morgan fingerprint density at radius 3 is 2.43 bits per heavy atom. The van der Waals surface area contributed by atoms with Gasteiger partial charge in [-0.2, -0.15) is 0 Å². The van der Waals surface area contributed by atoms with E-state index in [1.54, 1.807) is 0 Å². The topological polar surface area (TPSA) is 23.5 Å². The van der Waals surface area contributed by atoms with Crippen LogP contribution < -0.4 is 0 Å². The highest BCUT2D eigenvalue weighted by Gasteiger charge is 2.36. The monoisotopic (exact) mass is 351 g/mol. The van der Waals surface area contributed by atoms with Crippen molar-refractivity contribution in [2.24, 2.45) is 5.92 Å². The Morgan fingerprint density at radius 2 is 1.81 bits per heavy atom. The van der Waals surface area contributed by atoms with Gasteiger partial charge < -0.3 is 10.0 Å². The van der Waals surface area contributed by atoms with Gasteiger partial charge in [0.2, 0.25) is 0 Å².